The van der Waals surface area contributed by atoms with E-state index in [0.29, 0.717) is 10.9 Å². The molecule has 0 fully saturated rings. The van der Waals surface area contributed by atoms with Crippen molar-refractivity contribution in [3.63, 3.8) is 0 Å². The molecule has 2 aromatic rings. The summed E-state index contributed by atoms with van der Waals surface area (Å²) in [5, 5.41) is 3.40. The molecule has 0 saturated carbocycles. The first kappa shape index (κ1) is 19.7. The molecule has 2 aromatic carbocycles. The molecule has 0 aliphatic rings. The van der Waals surface area contributed by atoms with Gasteiger partial charge in [-0.05, 0) is 23.8 Å². The number of para-hydroxylation sites is 1. The highest BCUT2D eigenvalue weighted by molar-refractivity contribution is 7.80. The molecule has 0 atom stereocenters. The van der Waals surface area contributed by atoms with Crippen LogP contribution in [0.2, 0.25) is 0 Å². The molecule has 0 spiro atoms. The lowest BCUT2D eigenvalue weighted by Gasteiger charge is -2.14. The molecule has 7 heteroatoms. The molecule has 0 bridgehead atoms. The number of rotatable bonds is 7. The van der Waals surface area contributed by atoms with Gasteiger partial charge in [0, 0.05) is 5.56 Å². The topological polar surface area (TPSA) is 66.8 Å². The molecule has 0 heterocycles. The van der Waals surface area contributed by atoms with E-state index < -0.39 is 0 Å². The number of hydrogen-bond acceptors (Lipinski definition) is 3. The van der Waals surface area contributed by atoms with Crippen LogP contribution in [0.4, 0.5) is 0 Å². The lowest BCUT2D eigenvalue weighted by Crippen LogP contribution is -3.06. The molecule has 138 valence electrons. The molecule has 6 nitrogen and oxygen atoms in total. The maximum atomic E-state index is 12.0. The van der Waals surface area contributed by atoms with E-state index in [9.17, 15) is 4.79 Å². The number of hydrazine groups is 1. The summed E-state index contributed by atoms with van der Waals surface area (Å²) in [6.07, 6.45) is 0. The fraction of sp³-hybridized carbons (Fsp3) is 0.263. The molecular weight excluding hydrogens is 348 g/mol. The van der Waals surface area contributed by atoms with Gasteiger partial charge in [-0.25, -0.2) is 0 Å². The van der Waals surface area contributed by atoms with Crippen LogP contribution in [0.1, 0.15) is 0 Å². The standard InChI is InChI=1S/C19H24N4O2S/c1-23(2)13-12-20-19(26)22-21-18(24)14-25-17-11-7-6-10-16(17)15-8-4-3-5-9-15/h3-11H,12-14H2,1-2H3,(H,21,24)(H2,20,22,26)/p+1. The van der Waals surface area contributed by atoms with Crippen molar-refractivity contribution in [2.75, 3.05) is 33.8 Å². The highest BCUT2D eigenvalue weighted by Gasteiger charge is 2.08. The van der Waals surface area contributed by atoms with E-state index in [1.807, 2.05) is 54.6 Å². The number of quaternary nitrogens is 1. The first-order valence-electron chi connectivity index (χ1n) is 8.45. The van der Waals surface area contributed by atoms with Gasteiger partial charge in [0.1, 0.15) is 5.75 Å². The minimum Gasteiger partial charge on any atom is -0.483 e. The number of benzene rings is 2. The lowest BCUT2D eigenvalue weighted by atomic mass is 10.1. The Labute approximate surface area is 159 Å². The van der Waals surface area contributed by atoms with E-state index in [-0.39, 0.29) is 12.5 Å². The Morgan fingerprint density at radius 1 is 1.04 bits per heavy atom. The zero-order valence-corrected chi connectivity index (χ0v) is 15.9. The number of nitrogens with one attached hydrogen (secondary N) is 4. The third kappa shape index (κ3) is 6.70. The molecule has 1 amide bonds. The molecule has 0 aliphatic heterocycles. The molecule has 0 aromatic heterocycles. The van der Waals surface area contributed by atoms with Crippen LogP contribution in [0, 0.1) is 0 Å². The Balaban J connectivity index is 1.80. The van der Waals surface area contributed by atoms with Crippen LogP contribution < -0.4 is 25.8 Å². The van der Waals surface area contributed by atoms with Crippen molar-refractivity contribution < 1.29 is 14.4 Å². The Morgan fingerprint density at radius 3 is 2.46 bits per heavy atom. The Bertz CT molecular complexity index is 722. The van der Waals surface area contributed by atoms with Gasteiger partial charge in [0.15, 0.2) is 11.7 Å². The van der Waals surface area contributed by atoms with E-state index in [1.54, 1.807) is 0 Å². The van der Waals surface area contributed by atoms with Crippen molar-refractivity contribution in [2.45, 2.75) is 0 Å². The number of carbonyl (C=O) groups excluding carboxylic acids is 1. The lowest BCUT2D eigenvalue weighted by molar-refractivity contribution is -0.856. The number of hydrogen-bond donors (Lipinski definition) is 4. The largest absolute Gasteiger partial charge is 0.483 e. The van der Waals surface area contributed by atoms with Gasteiger partial charge in [-0.1, -0.05) is 48.5 Å². The van der Waals surface area contributed by atoms with Crippen LogP contribution in [0.15, 0.2) is 54.6 Å². The quantitative estimate of drug-likeness (QED) is 0.417. The maximum Gasteiger partial charge on any atom is 0.276 e. The average Bonchev–Trinajstić information content (AvgIpc) is 2.65. The predicted molar refractivity (Wildman–Crippen MR) is 107 cm³/mol. The van der Waals surface area contributed by atoms with E-state index >= 15 is 0 Å². The van der Waals surface area contributed by atoms with Gasteiger partial charge in [0.2, 0.25) is 0 Å². The van der Waals surface area contributed by atoms with E-state index in [4.69, 9.17) is 17.0 Å². The molecule has 26 heavy (non-hydrogen) atoms. The average molecular weight is 374 g/mol. The fourth-order valence-corrected chi connectivity index (χ4v) is 2.38. The van der Waals surface area contributed by atoms with Crippen molar-refractivity contribution in [2.24, 2.45) is 0 Å². The van der Waals surface area contributed by atoms with Gasteiger partial charge < -0.3 is 15.0 Å². The van der Waals surface area contributed by atoms with Gasteiger partial charge in [-0.2, -0.15) is 0 Å². The minimum absolute atomic E-state index is 0.110. The van der Waals surface area contributed by atoms with Gasteiger partial charge in [-0.15, -0.1) is 0 Å². The summed E-state index contributed by atoms with van der Waals surface area (Å²) >= 11 is 5.10. The highest BCUT2D eigenvalue weighted by Crippen LogP contribution is 2.29. The first-order chi connectivity index (χ1) is 12.6. The predicted octanol–water partition coefficient (Wildman–Crippen LogP) is 0.372. The van der Waals surface area contributed by atoms with E-state index in [0.717, 1.165) is 24.2 Å². The number of amides is 1. The first-order valence-corrected chi connectivity index (χ1v) is 8.86. The minimum atomic E-state index is -0.310. The zero-order chi connectivity index (χ0) is 18.8. The third-order valence-corrected chi connectivity index (χ3v) is 3.80. The van der Waals surface area contributed by atoms with Crippen molar-refractivity contribution in [3.8, 4) is 16.9 Å². The second kappa shape index (κ2) is 10.4. The zero-order valence-electron chi connectivity index (χ0n) is 15.0. The van der Waals surface area contributed by atoms with Crippen LogP contribution >= 0.6 is 12.2 Å². The summed E-state index contributed by atoms with van der Waals surface area (Å²) in [5.74, 6) is 0.346. The molecule has 4 N–H and O–H groups in total. The Morgan fingerprint density at radius 2 is 1.73 bits per heavy atom. The Kier molecular flexibility index (Phi) is 7.85. The molecule has 0 aliphatic carbocycles. The van der Waals surface area contributed by atoms with Crippen LogP contribution in [-0.4, -0.2) is 44.8 Å². The summed E-state index contributed by atoms with van der Waals surface area (Å²) in [6.45, 7) is 1.54. The van der Waals surface area contributed by atoms with E-state index in [1.165, 1.54) is 4.90 Å². The second-order valence-electron chi connectivity index (χ2n) is 6.04. The van der Waals surface area contributed by atoms with Crippen LogP contribution in [0.3, 0.4) is 0 Å². The van der Waals surface area contributed by atoms with Crippen molar-refractivity contribution in [3.05, 3.63) is 54.6 Å². The molecule has 0 unspecified atom stereocenters. The van der Waals surface area contributed by atoms with E-state index in [2.05, 4.69) is 30.3 Å². The van der Waals surface area contributed by atoms with Crippen LogP contribution in [0.5, 0.6) is 5.75 Å². The number of ether oxygens (including phenoxy) is 1. The molecule has 2 rings (SSSR count). The summed E-state index contributed by atoms with van der Waals surface area (Å²) in [4.78, 5) is 13.3. The summed E-state index contributed by atoms with van der Waals surface area (Å²) in [7, 11) is 4.12. The fourth-order valence-electron chi connectivity index (χ4n) is 2.22. The maximum absolute atomic E-state index is 12.0. The normalized spacial score (nSPS) is 10.3. The van der Waals surface area contributed by atoms with Gasteiger partial charge in [0.25, 0.3) is 5.91 Å². The second-order valence-corrected chi connectivity index (χ2v) is 6.45. The van der Waals surface area contributed by atoms with Crippen molar-refractivity contribution >= 4 is 23.2 Å². The summed E-state index contributed by atoms with van der Waals surface area (Å²) in [6, 6.07) is 17.5. The molecule has 0 radical (unpaired) electrons. The molecule has 0 saturated heterocycles. The smallest absolute Gasteiger partial charge is 0.276 e. The molecular formula is C19H25N4O2S+. The van der Waals surface area contributed by atoms with Crippen molar-refractivity contribution in [1.29, 1.82) is 0 Å². The monoisotopic (exact) mass is 373 g/mol. The van der Waals surface area contributed by atoms with Gasteiger partial charge in [-0.3, -0.25) is 15.6 Å². The summed E-state index contributed by atoms with van der Waals surface area (Å²) in [5.41, 5.74) is 7.17. The Hall–Kier alpha value is -2.64. The highest BCUT2D eigenvalue weighted by atomic mass is 32.1. The van der Waals surface area contributed by atoms with Crippen molar-refractivity contribution in [1.82, 2.24) is 16.2 Å². The number of likely N-dealkylation sites (N-methyl/N-ethyl adjacent to an activating group) is 1. The van der Waals surface area contributed by atoms with Gasteiger partial charge in [0.05, 0.1) is 27.2 Å². The van der Waals surface area contributed by atoms with Crippen LogP contribution in [0.25, 0.3) is 11.1 Å². The van der Waals surface area contributed by atoms with Crippen LogP contribution in [-0.2, 0) is 4.79 Å². The third-order valence-electron chi connectivity index (χ3n) is 3.56. The SMILES string of the molecule is C[NH+](C)CCNC(=S)NNC(=O)COc1ccccc1-c1ccccc1. The van der Waals surface area contributed by atoms with Gasteiger partial charge >= 0.3 is 0 Å². The number of thiocarbonyl (C=S) groups is 1. The summed E-state index contributed by atoms with van der Waals surface area (Å²) < 4.78 is 5.68. The number of carbonyl (C=O) groups is 1.